The van der Waals surface area contributed by atoms with Crippen LogP contribution in [-0.4, -0.2) is 70.4 Å². The predicted octanol–water partition coefficient (Wildman–Crippen LogP) is 3.82. The molecule has 0 spiro atoms. The minimum Gasteiger partial charge on any atom is -0.310 e. The highest BCUT2D eigenvalue weighted by molar-refractivity contribution is 5.94. The molecule has 3 aromatic rings. The second-order valence-corrected chi connectivity index (χ2v) is 9.69. The molecule has 0 radical (unpaired) electrons. The fourth-order valence-corrected chi connectivity index (χ4v) is 5.05. The summed E-state index contributed by atoms with van der Waals surface area (Å²) in [4.78, 5) is 30.6. The third kappa shape index (κ3) is 5.39. The number of halogens is 1. The van der Waals surface area contributed by atoms with Gasteiger partial charge in [-0.1, -0.05) is 0 Å². The van der Waals surface area contributed by atoms with Gasteiger partial charge in [0, 0.05) is 68.2 Å². The van der Waals surface area contributed by atoms with Crippen molar-refractivity contribution in [3.8, 4) is 11.3 Å². The van der Waals surface area contributed by atoms with Crippen LogP contribution in [0.25, 0.3) is 22.0 Å². The summed E-state index contributed by atoms with van der Waals surface area (Å²) >= 11 is 0. The molecule has 0 aromatic carbocycles. The lowest BCUT2D eigenvalue weighted by molar-refractivity contribution is -0.121. The number of rotatable bonds is 5. The summed E-state index contributed by atoms with van der Waals surface area (Å²) < 4.78 is 13.6. The molecular weight excluding hydrogens is 431 g/mol. The van der Waals surface area contributed by atoms with Crippen LogP contribution in [0.4, 0.5) is 10.2 Å². The molecule has 4 heterocycles. The first kappa shape index (κ1) is 22.8. The second kappa shape index (κ2) is 10.1. The van der Waals surface area contributed by atoms with Crippen molar-refractivity contribution >= 4 is 22.5 Å². The quantitative estimate of drug-likeness (QED) is 0.621. The number of hydrogen-bond donors (Lipinski definition) is 1. The van der Waals surface area contributed by atoms with Gasteiger partial charge in [0.1, 0.15) is 11.6 Å². The fraction of sp³-hybridized carbons (Fsp3) is 0.462. The molecule has 34 heavy (non-hydrogen) atoms. The van der Waals surface area contributed by atoms with Crippen LogP contribution in [0.15, 0.2) is 43.0 Å². The van der Waals surface area contributed by atoms with Gasteiger partial charge in [0.05, 0.1) is 11.9 Å². The highest BCUT2D eigenvalue weighted by atomic mass is 19.1. The molecule has 1 aliphatic carbocycles. The summed E-state index contributed by atoms with van der Waals surface area (Å²) in [5.74, 6) is 0.905. The van der Waals surface area contributed by atoms with Crippen LogP contribution >= 0.6 is 0 Å². The van der Waals surface area contributed by atoms with Crippen molar-refractivity contribution in [2.24, 2.45) is 11.8 Å². The Morgan fingerprint density at radius 1 is 0.971 bits per heavy atom. The molecule has 2 aliphatic rings. The maximum absolute atomic E-state index is 13.6. The maximum atomic E-state index is 13.6. The molecule has 0 bridgehead atoms. The second-order valence-electron chi connectivity index (χ2n) is 9.69. The first-order chi connectivity index (χ1) is 16.5. The number of nitrogens with one attached hydrogen (secondary N) is 1. The van der Waals surface area contributed by atoms with Crippen LogP contribution in [0.3, 0.4) is 0 Å². The van der Waals surface area contributed by atoms with E-state index in [-0.39, 0.29) is 11.8 Å². The van der Waals surface area contributed by atoms with Crippen molar-refractivity contribution in [1.29, 1.82) is 0 Å². The van der Waals surface area contributed by atoms with Crippen molar-refractivity contribution in [1.82, 2.24) is 24.8 Å². The third-order valence-corrected chi connectivity index (χ3v) is 7.18. The molecule has 0 unspecified atom stereocenters. The topological polar surface area (TPSA) is 74.2 Å². The van der Waals surface area contributed by atoms with Gasteiger partial charge in [0.2, 0.25) is 5.91 Å². The monoisotopic (exact) mass is 462 g/mol. The van der Waals surface area contributed by atoms with E-state index in [0.717, 1.165) is 69.2 Å². The smallest absolute Gasteiger partial charge is 0.228 e. The van der Waals surface area contributed by atoms with Gasteiger partial charge in [-0.2, -0.15) is 0 Å². The number of pyridine rings is 3. The molecule has 1 N–H and O–H groups in total. The molecule has 1 saturated heterocycles. The molecule has 2 fully saturated rings. The van der Waals surface area contributed by atoms with E-state index in [4.69, 9.17) is 0 Å². The van der Waals surface area contributed by atoms with Crippen molar-refractivity contribution in [2.75, 3.05) is 45.1 Å². The van der Waals surface area contributed by atoms with Gasteiger partial charge in [0.15, 0.2) is 0 Å². The van der Waals surface area contributed by atoms with E-state index in [0.29, 0.717) is 23.0 Å². The third-order valence-electron chi connectivity index (χ3n) is 7.18. The highest BCUT2D eigenvalue weighted by Crippen LogP contribution is 2.31. The molecule has 1 amide bonds. The zero-order valence-corrected chi connectivity index (χ0v) is 19.6. The number of carbonyl (C=O) groups excluding carboxylic acids is 1. The fourth-order valence-electron chi connectivity index (χ4n) is 5.05. The Hall–Kier alpha value is -2.97. The number of carbonyl (C=O) groups is 1. The van der Waals surface area contributed by atoms with Crippen molar-refractivity contribution in [3.05, 3.63) is 48.8 Å². The number of nitrogens with zero attached hydrogens (tertiary/aromatic N) is 5. The molecular formula is C26H31FN6O. The van der Waals surface area contributed by atoms with Crippen LogP contribution in [0.5, 0.6) is 0 Å². The number of hydrogen-bond acceptors (Lipinski definition) is 6. The summed E-state index contributed by atoms with van der Waals surface area (Å²) in [6, 6.07) is 5.13. The van der Waals surface area contributed by atoms with E-state index in [2.05, 4.69) is 37.1 Å². The average Bonchev–Trinajstić information content (AvgIpc) is 2.85. The molecule has 7 nitrogen and oxygen atoms in total. The molecule has 1 saturated carbocycles. The Morgan fingerprint density at radius 2 is 1.74 bits per heavy atom. The summed E-state index contributed by atoms with van der Waals surface area (Å²) in [6.45, 7) is 5.75. The first-order valence-electron chi connectivity index (χ1n) is 12.1. The molecule has 0 atom stereocenters. The molecule has 5 rings (SSSR count). The van der Waals surface area contributed by atoms with Gasteiger partial charge in [0.25, 0.3) is 0 Å². The SMILES string of the molecule is CN1CCN(C[C@H]2CC[C@H](C(=O)Nc3cc4cc(-c5cncc(F)c5)ncc4cn3)CC2)CC1. The van der Waals surface area contributed by atoms with Gasteiger partial charge in [-0.25, -0.2) is 9.37 Å². The van der Waals surface area contributed by atoms with Crippen LogP contribution in [0, 0.1) is 17.7 Å². The Balaban J connectivity index is 1.19. The van der Waals surface area contributed by atoms with E-state index >= 15 is 0 Å². The van der Waals surface area contributed by atoms with E-state index in [9.17, 15) is 9.18 Å². The largest absolute Gasteiger partial charge is 0.310 e. The van der Waals surface area contributed by atoms with Crippen LogP contribution in [0.2, 0.25) is 0 Å². The van der Waals surface area contributed by atoms with E-state index < -0.39 is 5.82 Å². The van der Waals surface area contributed by atoms with Crippen LogP contribution in [0.1, 0.15) is 25.7 Å². The van der Waals surface area contributed by atoms with Crippen molar-refractivity contribution in [2.45, 2.75) is 25.7 Å². The summed E-state index contributed by atoms with van der Waals surface area (Å²) in [6.07, 6.45) is 10.2. The van der Waals surface area contributed by atoms with Crippen molar-refractivity contribution in [3.63, 3.8) is 0 Å². The summed E-state index contributed by atoms with van der Waals surface area (Å²) in [5, 5.41) is 4.76. The average molecular weight is 463 g/mol. The van der Waals surface area contributed by atoms with Gasteiger partial charge in [-0.15, -0.1) is 0 Å². The van der Waals surface area contributed by atoms with E-state index in [1.807, 2.05) is 12.1 Å². The zero-order chi connectivity index (χ0) is 23.5. The van der Waals surface area contributed by atoms with Gasteiger partial charge in [-0.3, -0.25) is 14.8 Å². The number of fused-ring (bicyclic) bond motifs is 1. The Labute approximate surface area is 199 Å². The van der Waals surface area contributed by atoms with E-state index in [1.165, 1.54) is 12.3 Å². The maximum Gasteiger partial charge on any atom is 0.228 e. The number of piperazine rings is 1. The molecule has 1 aliphatic heterocycles. The van der Waals surface area contributed by atoms with Gasteiger partial charge < -0.3 is 15.1 Å². The standard InChI is InChI=1S/C26H31FN6O/c1-32-6-8-33(9-7-32)17-18-2-4-19(5-3-18)26(34)31-25-12-20-11-24(29-14-22(20)15-30-25)21-10-23(27)16-28-13-21/h10-16,18-19H,2-9,17H2,1H3,(H,30,31,34)/t18-,19-. The molecule has 178 valence electrons. The molecule has 8 heteroatoms. The van der Waals surface area contributed by atoms with Gasteiger partial charge in [-0.05, 0) is 62.2 Å². The lowest BCUT2D eigenvalue weighted by atomic mass is 9.81. The first-order valence-corrected chi connectivity index (χ1v) is 12.1. The number of aromatic nitrogens is 3. The normalized spacial score (nSPS) is 22.1. The Bertz CT molecular complexity index is 1150. The number of anilines is 1. The predicted molar refractivity (Wildman–Crippen MR) is 131 cm³/mol. The number of amides is 1. The lowest BCUT2D eigenvalue weighted by Gasteiger charge is -2.36. The van der Waals surface area contributed by atoms with Gasteiger partial charge >= 0.3 is 0 Å². The minimum absolute atomic E-state index is 0.0348. The lowest BCUT2D eigenvalue weighted by Crippen LogP contribution is -2.46. The van der Waals surface area contributed by atoms with Crippen LogP contribution < -0.4 is 5.32 Å². The highest BCUT2D eigenvalue weighted by Gasteiger charge is 2.28. The summed E-state index contributed by atoms with van der Waals surface area (Å²) in [7, 11) is 2.18. The number of likely N-dealkylation sites (N-methyl/N-ethyl adjacent to an activating group) is 1. The Morgan fingerprint density at radius 3 is 2.50 bits per heavy atom. The van der Waals surface area contributed by atoms with Crippen LogP contribution in [-0.2, 0) is 4.79 Å². The molecule has 3 aromatic heterocycles. The minimum atomic E-state index is -0.402. The van der Waals surface area contributed by atoms with Crippen molar-refractivity contribution < 1.29 is 9.18 Å². The Kier molecular flexibility index (Phi) is 6.78. The zero-order valence-electron chi connectivity index (χ0n) is 19.6. The van der Waals surface area contributed by atoms with E-state index in [1.54, 1.807) is 18.6 Å². The summed E-state index contributed by atoms with van der Waals surface area (Å²) in [5.41, 5.74) is 1.24.